The van der Waals surface area contributed by atoms with Crippen LogP contribution in [0.2, 0.25) is 0 Å². The highest BCUT2D eigenvalue weighted by atomic mass is 35.5. The molecular weight excluding hydrogens is 316 g/mol. The van der Waals surface area contributed by atoms with Gasteiger partial charge in [0.05, 0.1) is 0 Å². The summed E-state index contributed by atoms with van der Waals surface area (Å²) < 4.78 is 0. The molecule has 3 rings (SSSR count). The van der Waals surface area contributed by atoms with Crippen LogP contribution in [-0.4, -0.2) is 24.3 Å². The molecule has 6 heteroatoms. The number of rotatable bonds is 4. The van der Waals surface area contributed by atoms with E-state index in [9.17, 15) is 0 Å². The summed E-state index contributed by atoms with van der Waals surface area (Å²) in [6.45, 7) is 0. The van der Waals surface area contributed by atoms with Crippen molar-refractivity contribution in [3.05, 3.63) is 54.6 Å². The first-order valence-electron chi connectivity index (χ1n) is 6.69. The molecule has 0 atom stereocenters. The zero-order valence-electron chi connectivity index (χ0n) is 12.4. The molecule has 0 amide bonds. The molecule has 0 saturated carbocycles. The molecule has 0 radical (unpaired) electrons. The van der Waals surface area contributed by atoms with Crippen LogP contribution in [0.25, 0.3) is 21.7 Å². The Hall–Kier alpha value is -1.95. The van der Waals surface area contributed by atoms with Gasteiger partial charge in [0.15, 0.2) is 0 Å². The van der Waals surface area contributed by atoms with Gasteiger partial charge in [0.1, 0.15) is 5.01 Å². The molecular formula is C16H17ClN4S. The van der Waals surface area contributed by atoms with E-state index in [1.807, 2.05) is 49.4 Å². The summed E-state index contributed by atoms with van der Waals surface area (Å²) in [5.41, 5.74) is 6.50. The van der Waals surface area contributed by atoms with Crippen molar-refractivity contribution in [1.29, 1.82) is 0 Å². The van der Waals surface area contributed by atoms with Gasteiger partial charge in [-0.15, -0.1) is 22.6 Å². The average Bonchev–Trinajstić information content (AvgIpc) is 3.05. The molecule has 4 nitrogen and oxygen atoms in total. The normalized spacial score (nSPS) is 10.1. The Bertz CT molecular complexity index is 730. The van der Waals surface area contributed by atoms with E-state index in [1.54, 1.807) is 11.3 Å². The molecule has 0 saturated heterocycles. The number of nitrogens with zero attached hydrogens (tertiary/aromatic N) is 3. The number of nitrogens with one attached hydrogen (secondary N) is 1. The molecule has 114 valence electrons. The molecule has 0 fully saturated rings. The molecule has 1 aromatic heterocycles. The van der Waals surface area contributed by atoms with Crippen LogP contribution >= 0.6 is 23.7 Å². The van der Waals surface area contributed by atoms with E-state index in [1.165, 1.54) is 11.1 Å². The first-order valence-corrected chi connectivity index (χ1v) is 7.50. The van der Waals surface area contributed by atoms with Gasteiger partial charge in [-0.3, -0.25) is 5.01 Å². The van der Waals surface area contributed by atoms with E-state index in [-0.39, 0.29) is 12.4 Å². The fraction of sp³-hybridized carbons (Fsp3) is 0.125. The molecule has 22 heavy (non-hydrogen) atoms. The fourth-order valence-electron chi connectivity index (χ4n) is 2.09. The van der Waals surface area contributed by atoms with Gasteiger partial charge in [-0.1, -0.05) is 65.9 Å². The maximum Gasteiger partial charge on any atom is 0.222 e. The lowest BCUT2D eigenvalue weighted by atomic mass is 10.0. The number of hydrogen-bond acceptors (Lipinski definition) is 5. The predicted octanol–water partition coefficient (Wildman–Crippen LogP) is 3.86. The lowest BCUT2D eigenvalue weighted by Gasteiger charge is -2.11. The number of halogens is 1. The summed E-state index contributed by atoms with van der Waals surface area (Å²) in [6.07, 6.45) is 0. The van der Waals surface area contributed by atoms with Crippen molar-refractivity contribution in [2.24, 2.45) is 0 Å². The minimum absolute atomic E-state index is 0. The van der Waals surface area contributed by atoms with E-state index in [0.717, 1.165) is 15.7 Å². The van der Waals surface area contributed by atoms with Crippen molar-refractivity contribution < 1.29 is 0 Å². The summed E-state index contributed by atoms with van der Waals surface area (Å²) in [5.74, 6) is 0. The van der Waals surface area contributed by atoms with Crippen molar-refractivity contribution in [1.82, 2.24) is 15.6 Å². The largest absolute Gasteiger partial charge is 0.285 e. The van der Waals surface area contributed by atoms with Gasteiger partial charge in [0, 0.05) is 19.7 Å². The van der Waals surface area contributed by atoms with Crippen molar-refractivity contribution in [2.75, 3.05) is 19.1 Å². The van der Waals surface area contributed by atoms with E-state index in [2.05, 4.69) is 39.9 Å². The average molecular weight is 333 g/mol. The Morgan fingerprint density at radius 3 is 2.23 bits per heavy atom. The number of hydrogen-bond donors (Lipinski definition) is 1. The second-order valence-corrected chi connectivity index (χ2v) is 5.54. The van der Waals surface area contributed by atoms with Crippen molar-refractivity contribution in [2.45, 2.75) is 0 Å². The van der Waals surface area contributed by atoms with Gasteiger partial charge >= 0.3 is 0 Å². The van der Waals surface area contributed by atoms with Gasteiger partial charge in [0.2, 0.25) is 5.13 Å². The van der Waals surface area contributed by atoms with Crippen LogP contribution in [0.4, 0.5) is 5.13 Å². The minimum atomic E-state index is 0. The number of anilines is 1. The van der Waals surface area contributed by atoms with Crippen LogP contribution < -0.4 is 10.4 Å². The summed E-state index contributed by atoms with van der Waals surface area (Å²) in [7, 11) is 3.78. The molecule has 0 bridgehead atoms. The van der Waals surface area contributed by atoms with Gasteiger partial charge in [-0.2, -0.15) is 0 Å². The Labute approximate surface area is 140 Å². The lowest BCUT2D eigenvalue weighted by molar-refractivity contribution is 0.779. The summed E-state index contributed by atoms with van der Waals surface area (Å²) in [5, 5.41) is 12.2. The van der Waals surface area contributed by atoms with Crippen LogP contribution in [0.3, 0.4) is 0 Å². The van der Waals surface area contributed by atoms with Crippen LogP contribution in [0.15, 0.2) is 54.6 Å². The second kappa shape index (κ2) is 7.35. The molecule has 2 aromatic carbocycles. The van der Waals surface area contributed by atoms with E-state index in [0.29, 0.717) is 0 Å². The molecule has 0 aliphatic rings. The highest BCUT2D eigenvalue weighted by Gasteiger charge is 2.13. The Morgan fingerprint density at radius 2 is 1.55 bits per heavy atom. The molecule has 1 N–H and O–H groups in total. The smallest absolute Gasteiger partial charge is 0.222 e. The van der Waals surface area contributed by atoms with Gasteiger partial charge in [-0.25, -0.2) is 5.43 Å². The molecule has 0 aliphatic carbocycles. The maximum absolute atomic E-state index is 4.33. The monoisotopic (exact) mass is 332 g/mol. The van der Waals surface area contributed by atoms with Crippen LogP contribution in [0.5, 0.6) is 0 Å². The minimum Gasteiger partial charge on any atom is -0.285 e. The molecule has 0 unspecified atom stereocenters. The Balaban J connectivity index is 0.00000176. The van der Waals surface area contributed by atoms with Crippen molar-refractivity contribution in [3.63, 3.8) is 0 Å². The summed E-state index contributed by atoms with van der Waals surface area (Å²) >= 11 is 1.57. The predicted molar refractivity (Wildman–Crippen MR) is 95.5 cm³/mol. The number of hydrazine groups is 1. The quantitative estimate of drug-likeness (QED) is 0.736. The van der Waals surface area contributed by atoms with Gasteiger partial charge in [-0.05, 0) is 11.1 Å². The summed E-state index contributed by atoms with van der Waals surface area (Å²) in [4.78, 5) is 0. The topological polar surface area (TPSA) is 41.0 Å². The van der Waals surface area contributed by atoms with Crippen LogP contribution in [0.1, 0.15) is 0 Å². The highest BCUT2D eigenvalue weighted by Crippen LogP contribution is 2.35. The Morgan fingerprint density at radius 1 is 0.909 bits per heavy atom. The first kappa shape index (κ1) is 16.4. The third kappa shape index (κ3) is 3.27. The molecule has 3 aromatic rings. The van der Waals surface area contributed by atoms with Crippen molar-refractivity contribution >= 4 is 28.9 Å². The third-order valence-corrected chi connectivity index (χ3v) is 4.31. The van der Waals surface area contributed by atoms with E-state index < -0.39 is 0 Å². The maximum atomic E-state index is 4.33. The fourth-order valence-corrected chi connectivity index (χ4v) is 2.95. The number of benzene rings is 2. The lowest BCUT2D eigenvalue weighted by Crippen LogP contribution is -2.30. The SMILES string of the molecule is CNN(C)c1nnc(-c2ccccc2-c2ccccc2)s1.Cl. The highest BCUT2D eigenvalue weighted by molar-refractivity contribution is 7.18. The standard InChI is InChI=1S/C16H16N4S.ClH/c1-17-20(2)16-19-18-15(21-16)14-11-7-6-10-13(14)12-8-4-3-5-9-12;/h3-11,17H,1-2H3;1H. The molecule has 1 heterocycles. The van der Waals surface area contributed by atoms with Crippen molar-refractivity contribution in [3.8, 4) is 21.7 Å². The molecule has 0 aliphatic heterocycles. The summed E-state index contributed by atoms with van der Waals surface area (Å²) in [6, 6.07) is 18.6. The van der Waals surface area contributed by atoms with E-state index >= 15 is 0 Å². The number of aromatic nitrogens is 2. The van der Waals surface area contributed by atoms with E-state index in [4.69, 9.17) is 0 Å². The van der Waals surface area contributed by atoms with Gasteiger partial charge in [0.25, 0.3) is 0 Å². The van der Waals surface area contributed by atoms with Crippen LogP contribution in [0, 0.1) is 0 Å². The van der Waals surface area contributed by atoms with Crippen LogP contribution in [-0.2, 0) is 0 Å². The van der Waals surface area contributed by atoms with Gasteiger partial charge < -0.3 is 0 Å². The second-order valence-electron chi connectivity index (χ2n) is 4.58. The first-order chi connectivity index (χ1) is 10.3. The zero-order valence-corrected chi connectivity index (χ0v) is 14.0. The molecule has 0 spiro atoms. The Kier molecular flexibility index (Phi) is 5.49. The third-order valence-electron chi connectivity index (χ3n) is 3.28. The zero-order chi connectivity index (χ0) is 14.7.